The normalized spacial score (nSPS) is 16.6. The SMILES string of the molecule is C=C[C@@H](CO[Si](C)(C)C(C)(C)C)[C@@H](CO[Si](OC)(c1ccccc1)C(C)(C)C)NC(=O)OC(C)(C)C. The minimum Gasteiger partial charge on any atom is -0.444 e. The van der Waals surface area contributed by atoms with Crippen molar-refractivity contribution in [2.75, 3.05) is 20.3 Å². The lowest BCUT2D eigenvalue weighted by Gasteiger charge is -2.42. The first kappa shape index (κ1) is 32.6. The van der Waals surface area contributed by atoms with Gasteiger partial charge < -0.3 is 23.3 Å². The molecule has 0 bridgehead atoms. The predicted octanol–water partition coefficient (Wildman–Crippen LogP) is 6.52. The molecule has 1 aromatic rings. The Kier molecular flexibility index (Phi) is 11.2. The maximum absolute atomic E-state index is 12.8. The number of ether oxygens (including phenoxy) is 1. The molecular weight excluding hydrogens is 486 g/mol. The first-order valence-electron chi connectivity index (χ1n) is 12.8. The Morgan fingerprint density at radius 3 is 1.92 bits per heavy atom. The molecule has 0 aliphatic rings. The molecule has 1 amide bonds. The molecule has 1 N–H and O–H groups in total. The summed E-state index contributed by atoms with van der Waals surface area (Å²) in [7, 11) is -3.21. The summed E-state index contributed by atoms with van der Waals surface area (Å²) in [6.07, 6.45) is 1.35. The molecule has 1 aromatic carbocycles. The van der Waals surface area contributed by atoms with Gasteiger partial charge in [-0.3, -0.25) is 0 Å². The van der Waals surface area contributed by atoms with E-state index in [-0.39, 0.29) is 22.6 Å². The van der Waals surface area contributed by atoms with Gasteiger partial charge in [0.05, 0.1) is 12.6 Å². The van der Waals surface area contributed by atoms with E-state index < -0.39 is 34.6 Å². The van der Waals surface area contributed by atoms with Gasteiger partial charge in [0.25, 0.3) is 0 Å². The van der Waals surface area contributed by atoms with Crippen LogP contribution in [0, 0.1) is 5.92 Å². The molecule has 0 aliphatic carbocycles. The summed E-state index contributed by atoms with van der Waals surface area (Å²) in [4.78, 5) is 12.8. The lowest BCUT2D eigenvalue weighted by atomic mass is 10.0. The average molecular weight is 538 g/mol. The summed E-state index contributed by atoms with van der Waals surface area (Å²) in [5.41, 5.74) is -0.614. The van der Waals surface area contributed by atoms with E-state index in [0.29, 0.717) is 6.61 Å². The molecular formula is C28H51NO5Si2. The summed E-state index contributed by atoms with van der Waals surface area (Å²) in [6.45, 7) is 27.8. The van der Waals surface area contributed by atoms with Gasteiger partial charge in [0.15, 0.2) is 8.32 Å². The lowest BCUT2D eigenvalue weighted by molar-refractivity contribution is 0.0443. The van der Waals surface area contributed by atoms with Crippen LogP contribution in [0.5, 0.6) is 0 Å². The fourth-order valence-corrected chi connectivity index (χ4v) is 8.20. The molecule has 206 valence electrons. The van der Waals surface area contributed by atoms with Gasteiger partial charge in [0.2, 0.25) is 0 Å². The number of amides is 1. The predicted molar refractivity (Wildman–Crippen MR) is 154 cm³/mol. The van der Waals surface area contributed by atoms with E-state index in [0.717, 1.165) is 5.19 Å². The summed E-state index contributed by atoms with van der Waals surface area (Å²) in [5.74, 6) is -0.175. The zero-order chi connectivity index (χ0) is 28.0. The van der Waals surface area contributed by atoms with Crippen molar-refractivity contribution < 1.29 is 22.8 Å². The Bertz CT molecular complexity index is 840. The number of carbonyl (C=O) groups is 1. The topological polar surface area (TPSA) is 66.0 Å². The summed E-state index contributed by atoms with van der Waals surface area (Å²) in [6, 6.07) is 9.70. The maximum atomic E-state index is 12.8. The van der Waals surface area contributed by atoms with Crippen LogP contribution >= 0.6 is 0 Å². The number of benzene rings is 1. The van der Waals surface area contributed by atoms with E-state index in [1.807, 2.05) is 45.0 Å². The largest absolute Gasteiger partial charge is 0.444 e. The minimum atomic E-state index is -2.91. The van der Waals surface area contributed by atoms with Gasteiger partial charge in [-0.05, 0) is 44.1 Å². The highest BCUT2D eigenvalue weighted by Gasteiger charge is 2.51. The van der Waals surface area contributed by atoms with Crippen molar-refractivity contribution in [1.82, 2.24) is 5.32 Å². The van der Waals surface area contributed by atoms with Crippen molar-refractivity contribution >= 4 is 28.2 Å². The monoisotopic (exact) mass is 537 g/mol. The Hall–Kier alpha value is -1.46. The van der Waals surface area contributed by atoms with Crippen molar-refractivity contribution in [3.63, 3.8) is 0 Å². The smallest absolute Gasteiger partial charge is 0.407 e. The first-order valence-corrected chi connectivity index (χ1v) is 17.5. The number of alkyl carbamates (subject to hydrolysis) is 1. The molecule has 0 heterocycles. The van der Waals surface area contributed by atoms with Gasteiger partial charge >= 0.3 is 14.7 Å². The number of hydrogen-bond acceptors (Lipinski definition) is 5. The molecule has 1 rings (SSSR count). The van der Waals surface area contributed by atoms with Crippen molar-refractivity contribution in [3.05, 3.63) is 43.0 Å². The average Bonchev–Trinajstić information content (AvgIpc) is 2.72. The van der Waals surface area contributed by atoms with E-state index in [9.17, 15) is 4.79 Å². The second-order valence-corrected chi connectivity index (χ2v) is 21.8. The third-order valence-electron chi connectivity index (χ3n) is 6.86. The van der Waals surface area contributed by atoms with E-state index in [2.05, 4.69) is 78.7 Å². The second-order valence-electron chi connectivity index (χ2n) is 13.0. The molecule has 0 aliphatic heterocycles. The van der Waals surface area contributed by atoms with Crippen LogP contribution in [0.3, 0.4) is 0 Å². The van der Waals surface area contributed by atoms with Crippen LogP contribution in [0.1, 0.15) is 62.3 Å². The van der Waals surface area contributed by atoms with Gasteiger partial charge in [-0.2, -0.15) is 0 Å². The molecule has 0 spiro atoms. The first-order chi connectivity index (χ1) is 16.3. The zero-order valence-electron chi connectivity index (χ0n) is 24.8. The highest BCUT2D eigenvalue weighted by molar-refractivity contribution is 6.83. The van der Waals surface area contributed by atoms with Crippen molar-refractivity contribution in [2.24, 2.45) is 5.92 Å². The Balaban J connectivity index is 3.31. The Morgan fingerprint density at radius 2 is 1.50 bits per heavy atom. The van der Waals surface area contributed by atoms with Gasteiger partial charge in [0.1, 0.15) is 5.60 Å². The van der Waals surface area contributed by atoms with E-state index in [1.54, 1.807) is 7.11 Å². The van der Waals surface area contributed by atoms with Crippen molar-refractivity contribution in [1.29, 1.82) is 0 Å². The fourth-order valence-electron chi connectivity index (χ4n) is 3.68. The van der Waals surface area contributed by atoms with Gasteiger partial charge in [-0.15, -0.1) is 6.58 Å². The zero-order valence-corrected chi connectivity index (χ0v) is 26.8. The Morgan fingerprint density at radius 1 is 0.944 bits per heavy atom. The fraction of sp³-hybridized carbons (Fsp3) is 0.679. The van der Waals surface area contributed by atoms with Crippen LogP contribution in [0.2, 0.25) is 23.2 Å². The van der Waals surface area contributed by atoms with Crippen LogP contribution in [0.4, 0.5) is 4.79 Å². The number of carbonyl (C=O) groups excluding carboxylic acids is 1. The quantitative estimate of drug-likeness (QED) is 0.257. The number of nitrogens with one attached hydrogen (secondary N) is 1. The molecule has 0 radical (unpaired) electrons. The molecule has 8 heteroatoms. The molecule has 0 saturated carbocycles. The lowest BCUT2D eigenvalue weighted by Crippen LogP contribution is -2.61. The van der Waals surface area contributed by atoms with E-state index >= 15 is 0 Å². The third kappa shape index (κ3) is 8.83. The standard InChI is InChI=1S/C28H51NO5Si2/c1-14-22(20-32-35(12,13)27(5,6)7)24(29-25(30)34-26(2,3)4)21-33-36(31-11,28(8,9)10)23-18-16-15-17-19-23/h14-19,22,24H,1,20-21H2,2-13H3,(H,29,30)/t22-,24+,36?/m0/s1. The number of rotatable bonds is 11. The van der Waals surface area contributed by atoms with Crippen LogP contribution in [-0.2, 0) is 18.0 Å². The van der Waals surface area contributed by atoms with Crippen molar-refractivity contribution in [2.45, 2.75) is 97.1 Å². The van der Waals surface area contributed by atoms with Crippen LogP contribution < -0.4 is 10.5 Å². The molecule has 0 fully saturated rings. The van der Waals surface area contributed by atoms with Crippen LogP contribution in [0.25, 0.3) is 0 Å². The molecule has 6 nitrogen and oxygen atoms in total. The van der Waals surface area contributed by atoms with E-state index in [1.165, 1.54) is 0 Å². The highest BCUT2D eigenvalue weighted by atomic mass is 28.4. The number of hydrogen-bond donors (Lipinski definition) is 1. The second kappa shape index (κ2) is 12.4. The van der Waals surface area contributed by atoms with Crippen molar-refractivity contribution in [3.8, 4) is 0 Å². The van der Waals surface area contributed by atoms with Gasteiger partial charge in [-0.25, -0.2) is 4.79 Å². The van der Waals surface area contributed by atoms with Gasteiger partial charge in [-0.1, -0.05) is 78.0 Å². The molecule has 0 saturated heterocycles. The van der Waals surface area contributed by atoms with Crippen LogP contribution in [-0.4, -0.2) is 54.9 Å². The maximum Gasteiger partial charge on any atom is 0.407 e. The summed E-state index contributed by atoms with van der Waals surface area (Å²) in [5, 5.41) is 3.90. The summed E-state index contributed by atoms with van der Waals surface area (Å²) >= 11 is 0. The van der Waals surface area contributed by atoms with Gasteiger partial charge in [0, 0.05) is 24.7 Å². The minimum absolute atomic E-state index is 0.0704. The molecule has 3 atom stereocenters. The Labute approximate surface area is 222 Å². The van der Waals surface area contributed by atoms with Crippen LogP contribution in [0.15, 0.2) is 43.0 Å². The molecule has 0 aromatic heterocycles. The highest BCUT2D eigenvalue weighted by Crippen LogP contribution is 2.38. The molecule has 36 heavy (non-hydrogen) atoms. The molecule has 1 unspecified atom stereocenters. The van der Waals surface area contributed by atoms with E-state index in [4.69, 9.17) is 18.0 Å². The third-order valence-corrected chi connectivity index (χ3v) is 15.6. The summed E-state index contributed by atoms with van der Waals surface area (Å²) < 4.78 is 25.1.